The van der Waals surface area contributed by atoms with Gasteiger partial charge in [0.25, 0.3) is 5.91 Å². The fraction of sp³-hybridized carbons (Fsp3) is 0.357. The maximum Gasteiger partial charge on any atom is 0.296 e. The molecule has 0 bridgehead atoms. The summed E-state index contributed by atoms with van der Waals surface area (Å²) in [7, 11) is 0. The first-order valence-corrected chi connectivity index (χ1v) is 6.64. The Bertz CT molecular complexity index is 505. The molecule has 1 aromatic carbocycles. The molecule has 1 atom stereocenters. The normalized spacial score (nSPS) is 11.2. The maximum atomic E-state index is 11.4. The van der Waals surface area contributed by atoms with E-state index in [1.54, 1.807) is 13.0 Å². The molecule has 1 aromatic rings. The van der Waals surface area contributed by atoms with Gasteiger partial charge in [-0.15, -0.1) is 0 Å². The van der Waals surface area contributed by atoms with E-state index in [0.717, 1.165) is 10.0 Å². The zero-order valence-electron chi connectivity index (χ0n) is 10.9. The van der Waals surface area contributed by atoms with Crippen molar-refractivity contribution < 1.29 is 14.6 Å². The zero-order chi connectivity index (χ0) is 14.3. The van der Waals surface area contributed by atoms with Crippen molar-refractivity contribution in [3.8, 4) is 17.6 Å². The number of rotatable bonds is 5. The third-order valence-corrected chi connectivity index (χ3v) is 2.87. The lowest BCUT2D eigenvalue weighted by molar-refractivity contribution is -0.116. The average molecular weight is 326 g/mol. The summed E-state index contributed by atoms with van der Waals surface area (Å²) in [4.78, 5) is 11.4. The van der Waals surface area contributed by atoms with Gasteiger partial charge in [-0.1, -0.05) is 27.9 Å². The van der Waals surface area contributed by atoms with Gasteiger partial charge in [0.2, 0.25) is 0 Å². The molecule has 19 heavy (non-hydrogen) atoms. The number of carbonyl (C=O) groups excluding carboxylic acids is 1. The van der Waals surface area contributed by atoms with Crippen LogP contribution in [-0.4, -0.2) is 24.2 Å². The van der Waals surface area contributed by atoms with Crippen LogP contribution in [0.3, 0.4) is 0 Å². The van der Waals surface area contributed by atoms with Gasteiger partial charge in [-0.05, 0) is 31.9 Å². The molecular weight excluding hydrogens is 310 g/mol. The molecule has 0 saturated carbocycles. The number of aliphatic hydroxyl groups excluding tert-OH is 1. The molecule has 1 rings (SSSR count). The minimum atomic E-state index is -0.328. The minimum Gasteiger partial charge on any atom is -0.491 e. The Kier molecular flexibility index (Phi) is 6.40. The Morgan fingerprint density at radius 2 is 2.32 bits per heavy atom. The first-order chi connectivity index (χ1) is 9.08. The molecule has 5 heteroatoms. The van der Waals surface area contributed by atoms with E-state index in [0.29, 0.717) is 5.75 Å². The Balaban J connectivity index is 2.90. The molecule has 0 spiro atoms. The Morgan fingerprint density at radius 1 is 1.58 bits per heavy atom. The third kappa shape index (κ3) is 4.93. The standard InChI is InChI=1S/C14H16BrNO3/c1-3-4-14(18)16-10(2)12-6-5-11(15)9-13(12)19-8-7-17/h5-6,9-10,17H,7-8H2,1-2H3,(H,16,18). The molecule has 102 valence electrons. The fourth-order valence-corrected chi connectivity index (χ4v) is 1.91. The van der Waals surface area contributed by atoms with Crippen LogP contribution in [0.15, 0.2) is 22.7 Å². The van der Waals surface area contributed by atoms with Crippen molar-refractivity contribution in [2.75, 3.05) is 13.2 Å². The van der Waals surface area contributed by atoms with Crippen molar-refractivity contribution in [3.05, 3.63) is 28.2 Å². The van der Waals surface area contributed by atoms with Crippen LogP contribution >= 0.6 is 15.9 Å². The monoisotopic (exact) mass is 325 g/mol. The second kappa shape index (κ2) is 7.82. The molecule has 0 aliphatic carbocycles. The van der Waals surface area contributed by atoms with Gasteiger partial charge < -0.3 is 15.2 Å². The second-order valence-corrected chi connectivity index (χ2v) is 4.74. The van der Waals surface area contributed by atoms with Gasteiger partial charge in [0, 0.05) is 10.0 Å². The van der Waals surface area contributed by atoms with Gasteiger partial charge in [0.15, 0.2) is 0 Å². The Morgan fingerprint density at radius 3 is 2.95 bits per heavy atom. The van der Waals surface area contributed by atoms with Crippen LogP contribution in [0.1, 0.15) is 25.5 Å². The van der Waals surface area contributed by atoms with E-state index in [2.05, 4.69) is 33.1 Å². The van der Waals surface area contributed by atoms with Crippen LogP contribution in [0.4, 0.5) is 0 Å². The number of aliphatic hydroxyl groups is 1. The van der Waals surface area contributed by atoms with Crippen molar-refractivity contribution in [1.29, 1.82) is 0 Å². The van der Waals surface area contributed by atoms with Crippen LogP contribution in [-0.2, 0) is 4.79 Å². The molecule has 0 saturated heterocycles. The van der Waals surface area contributed by atoms with E-state index >= 15 is 0 Å². The van der Waals surface area contributed by atoms with E-state index in [1.165, 1.54) is 0 Å². The number of halogens is 1. The molecule has 4 nitrogen and oxygen atoms in total. The number of benzene rings is 1. The van der Waals surface area contributed by atoms with Gasteiger partial charge in [-0.2, -0.15) is 0 Å². The van der Waals surface area contributed by atoms with Crippen molar-refractivity contribution in [3.63, 3.8) is 0 Å². The Labute approximate surface area is 121 Å². The quantitative estimate of drug-likeness (QED) is 0.814. The molecule has 0 fully saturated rings. The lowest BCUT2D eigenvalue weighted by Crippen LogP contribution is -2.25. The van der Waals surface area contributed by atoms with Gasteiger partial charge in [-0.3, -0.25) is 4.79 Å². The second-order valence-electron chi connectivity index (χ2n) is 3.82. The predicted molar refractivity (Wildman–Crippen MR) is 76.7 cm³/mol. The van der Waals surface area contributed by atoms with Gasteiger partial charge >= 0.3 is 0 Å². The van der Waals surface area contributed by atoms with Gasteiger partial charge in [0.05, 0.1) is 12.6 Å². The molecule has 1 unspecified atom stereocenters. The summed E-state index contributed by atoms with van der Waals surface area (Å²) in [6.07, 6.45) is 0. The number of hydrogen-bond donors (Lipinski definition) is 2. The van der Waals surface area contributed by atoms with Crippen molar-refractivity contribution >= 4 is 21.8 Å². The van der Waals surface area contributed by atoms with Crippen molar-refractivity contribution in [1.82, 2.24) is 5.32 Å². The minimum absolute atomic E-state index is 0.0615. The predicted octanol–water partition coefficient (Wildman–Crippen LogP) is 2.02. The van der Waals surface area contributed by atoms with E-state index in [4.69, 9.17) is 9.84 Å². The fourth-order valence-electron chi connectivity index (χ4n) is 1.57. The highest BCUT2D eigenvalue weighted by Crippen LogP contribution is 2.28. The SMILES string of the molecule is CC#CC(=O)NC(C)c1ccc(Br)cc1OCCO. The highest BCUT2D eigenvalue weighted by Gasteiger charge is 2.13. The zero-order valence-corrected chi connectivity index (χ0v) is 12.5. The molecule has 0 radical (unpaired) electrons. The van der Waals surface area contributed by atoms with Crippen LogP contribution in [0.2, 0.25) is 0 Å². The Hall–Kier alpha value is -1.51. The van der Waals surface area contributed by atoms with Crippen molar-refractivity contribution in [2.45, 2.75) is 19.9 Å². The maximum absolute atomic E-state index is 11.4. The summed E-state index contributed by atoms with van der Waals surface area (Å²) in [5.74, 6) is 5.28. The number of carbonyl (C=O) groups is 1. The van der Waals surface area contributed by atoms with E-state index in [-0.39, 0.29) is 25.2 Å². The highest BCUT2D eigenvalue weighted by molar-refractivity contribution is 9.10. The molecule has 1 amide bonds. The lowest BCUT2D eigenvalue weighted by Gasteiger charge is -2.17. The summed E-state index contributed by atoms with van der Waals surface area (Å²) in [6, 6.07) is 5.31. The smallest absolute Gasteiger partial charge is 0.296 e. The molecule has 0 aliphatic heterocycles. The van der Waals surface area contributed by atoms with E-state index in [1.807, 2.05) is 19.1 Å². The van der Waals surface area contributed by atoms with Gasteiger partial charge in [0.1, 0.15) is 12.4 Å². The average Bonchev–Trinajstić information content (AvgIpc) is 2.36. The molecule has 0 aliphatic rings. The largest absolute Gasteiger partial charge is 0.491 e. The van der Waals surface area contributed by atoms with Gasteiger partial charge in [-0.25, -0.2) is 0 Å². The summed E-state index contributed by atoms with van der Waals surface area (Å²) in [5.41, 5.74) is 0.836. The first kappa shape index (κ1) is 15.5. The number of hydrogen-bond acceptors (Lipinski definition) is 3. The summed E-state index contributed by atoms with van der Waals surface area (Å²) < 4.78 is 6.33. The van der Waals surface area contributed by atoms with E-state index in [9.17, 15) is 4.79 Å². The lowest BCUT2D eigenvalue weighted by atomic mass is 10.1. The van der Waals surface area contributed by atoms with E-state index < -0.39 is 0 Å². The third-order valence-electron chi connectivity index (χ3n) is 2.38. The number of amides is 1. The van der Waals surface area contributed by atoms with Crippen LogP contribution in [0.25, 0.3) is 0 Å². The van der Waals surface area contributed by atoms with Crippen molar-refractivity contribution in [2.24, 2.45) is 0 Å². The molecule has 0 aromatic heterocycles. The van der Waals surface area contributed by atoms with Crippen LogP contribution < -0.4 is 10.1 Å². The van der Waals surface area contributed by atoms with Crippen LogP contribution in [0.5, 0.6) is 5.75 Å². The first-order valence-electron chi connectivity index (χ1n) is 5.84. The van der Waals surface area contributed by atoms with Crippen LogP contribution in [0, 0.1) is 11.8 Å². The molecular formula is C14H16BrNO3. The summed E-state index contributed by atoms with van der Waals surface area (Å²) >= 11 is 3.36. The molecule has 2 N–H and O–H groups in total. The summed E-state index contributed by atoms with van der Waals surface area (Å²) in [6.45, 7) is 3.61. The topological polar surface area (TPSA) is 58.6 Å². The number of nitrogens with one attached hydrogen (secondary N) is 1. The molecule has 0 heterocycles. The highest BCUT2D eigenvalue weighted by atomic mass is 79.9. The number of ether oxygens (including phenoxy) is 1. The summed E-state index contributed by atoms with van der Waals surface area (Å²) in [5, 5.41) is 11.6.